The maximum Gasteiger partial charge on any atom is 0.319 e. The Hall–Kier alpha value is -2.56. The van der Waals surface area contributed by atoms with Crippen LogP contribution in [0, 0.1) is 5.41 Å². The normalized spacial score (nSPS) is 18.8. The lowest BCUT2D eigenvalue weighted by Gasteiger charge is -2.22. The van der Waals surface area contributed by atoms with E-state index in [1.54, 1.807) is 12.1 Å². The van der Waals surface area contributed by atoms with Crippen molar-refractivity contribution in [3.63, 3.8) is 0 Å². The van der Waals surface area contributed by atoms with Crippen molar-refractivity contribution in [1.29, 1.82) is 0 Å². The van der Waals surface area contributed by atoms with Crippen LogP contribution in [0.15, 0.2) is 60.7 Å². The first-order chi connectivity index (χ1) is 14.5. The standard InChI is InChI=1S/C25H26ClNO3/c1-3-30-24(29)23(18-9-11-19(26)12-10-18)21-13-20(17-7-5-4-6-8-17)22-14-25(2,16-28)15-27(21)22/h4-13,23,28H,3,14-16H2,1-2H3. The number of hydrogen-bond donors (Lipinski definition) is 1. The zero-order valence-electron chi connectivity index (χ0n) is 17.3. The van der Waals surface area contributed by atoms with Gasteiger partial charge in [0.2, 0.25) is 0 Å². The summed E-state index contributed by atoms with van der Waals surface area (Å²) >= 11 is 6.09. The molecule has 0 radical (unpaired) electrons. The number of halogens is 1. The predicted molar refractivity (Wildman–Crippen MR) is 119 cm³/mol. The molecule has 0 fully saturated rings. The number of carbonyl (C=O) groups excluding carboxylic acids is 1. The summed E-state index contributed by atoms with van der Waals surface area (Å²) in [5.41, 5.74) is 4.83. The second kappa shape index (κ2) is 8.29. The maximum atomic E-state index is 13.1. The Balaban J connectivity index is 1.89. The zero-order chi connectivity index (χ0) is 21.3. The fourth-order valence-electron chi connectivity index (χ4n) is 4.35. The van der Waals surface area contributed by atoms with E-state index in [4.69, 9.17) is 16.3 Å². The van der Waals surface area contributed by atoms with Gasteiger partial charge < -0.3 is 14.4 Å². The number of ether oxygens (including phenoxy) is 1. The van der Waals surface area contributed by atoms with Crippen molar-refractivity contribution in [3.05, 3.63) is 82.6 Å². The third-order valence-electron chi connectivity index (χ3n) is 5.86. The van der Waals surface area contributed by atoms with Crippen LogP contribution < -0.4 is 0 Å². The van der Waals surface area contributed by atoms with Gasteiger partial charge in [0.15, 0.2) is 0 Å². The van der Waals surface area contributed by atoms with E-state index in [1.165, 1.54) is 0 Å². The molecule has 2 heterocycles. The quantitative estimate of drug-likeness (QED) is 0.564. The third kappa shape index (κ3) is 3.78. The first-order valence-electron chi connectivity index (χ1n) is 10.3. The second-order valence-electron chi connectivity index (χ2n) is 8.26. The fourth-order valence-corrected chi connectivity index (χ4v) is 4.48. The number of hydrogen-bond acceptors (Lipinski definition) is 3. The van der Waals surface area contributed by atoms with E-state index in [9.17, 15) is 9.90 Å². The summed E-state index contributed by atoms with van der Waals surface area (Å²) in [5.74, 6) is -0.836. The highest BCUT2D eigenvalue weighted by atomic mass is 35.5. The number of benzene rings is 2. The summed E-state index contributed by atoms with van der Waals surface area (Å²) in [6, 6.07) is 19.7. The molecule has 0 amide bonds. The minimum atomic E-state index is -0.556. The van der Waals surface area contributed by atoms with Gasteiger partial charge in [-0.1, -0.05) is 61.0 Å². The predicted octanol–water partition coefficient (Wildman–Crippen LogP) is 5.06. The van der Waals surface area contributed by atoms with Gasteiger partial charge in [-0.25, -0.2) is 0 Å². The average molecular weight is 424 g/mol. The Bertz CT molecular complexity index is 1040. The molecule has 0 saturated heterocycles. The van der Waals surface area contributed by atoms with Crippen LogP contribution in [-0.2, 0) is 22.5 Å². The molecule has 2 atom stereocenters. The molecule has 2 unspecified atom stereocenters. The summed E-state index contributed by atoms with van der Waals surface area (Å²) < 4.78 is 7.66. The molecule has 3 aromatic rings. The van der Waals surface area contributed by atoms with Crippen LogP contribution in [0.4, 0.5) is 0 Å². The molecule has 1 aliphatic rings. The molecule has 0 aliphatic carbocycles. The van der Waals surface area contributed by atoms with Crippen LogP contribution in [0.5, 0.6) is 0 Å². The molecule has 4 rings (SSSR count). The van der Waals surface area contributed by atoms with Gasteiger partial charge in [0.05, 0.1) is 13.2 Å². The fraction of sp³-hybridized carbons (Fsp3) is 0.320. The van der Waals surface area contributed by atoms with Crippen LogP contribution in [0.25, 0.3) is 11.1 Å². The van der Waals surface area contributed by atoms with E-state index in [0.29, 0.717) is 18.2 Å². The number of nitrogens with zero attached hydrogens (tertiary/aromatic N) is 1. The lowest BCUT2D eigenvalue weighted by Crippen LogP contribution is -2.25. The van der Waals surface area contributed by atoms with Gasteiger partial charge in [0, 0.05) is 33.9 Å². The van der Waals surface area contributed by atoms with Gasteiger partial charge >= 0.3 is 5.97 Å². The first-order valence-corrected chi connectivity index (χ1v) is 10.6. The number of rotatable bonds is 6. The van der Waals surface area contributed by atoms with Crippen molar-refractivity contribution in [1.82, 2.24) is 4.57 Å². The van der Waals surface area contributed by atoms with Gasteiger partial charge in [-0.15, -0.1) is 0 Å². The third-order valence-corrected chi connectivity index (χ3v) is 6.11. The lowest BCUT2D eigenvalue weighted by atomic mass is 9.87. The molecule has 0 saturated carbocycles. The molecule has 4 nitrogen and oxygen atoms in total. The minimum absolute atomic E-state index is 0.0906. The summed E-state index contributed by atoms with van der Waals surface area (Å²) in [4.78, 5) is 13.1. The molecule has 30 heavy (non-hydrogen) atoms. The molecule has 0 spiro atoms. The monoisotopic (exact) mass is 423 g/mol. The van der Waals surface area contributed by atoms with Crippen molar-refractivity contribution in [2.75, 3.05) is 13.2 Å². The minimum Gasteiger partial charge on any atom is -0.465 e. The van der Waals surface area contributed by atoms with Gasteiger partial charge in [-0.05, 0) is 42.7 Å². The Morgan fingerprint density at radius 3 is 2.53 bits per heavy atom. The molecule has 2 aromatic carbocycles. The lowest BCUT2D eigenvalue weighted by molar-refractivity contribution is -0.144. The summed E-state index contributed by atoms with van der Waals surface area (Å²) in [6.07, 6.45) is 0.754. The van der Waals surface area contributed by atoms with Crippen molar-refractivity contribution >= 4 is 17.6 Å². The number of esters is 1. The van der Waals surface area contributed by atoms with E-state index in [0.717, 1.165) is 34.5 Å². The topological polar surface area (TPSA) is 51.5 Å². The number of aromatic nitrogens is 1. The Labute approximate surface area is 182 Å². The van der Waals surface area contributed by atoms with Crippen LogP contribution in [0.3, 0.4) is 0 Å². The van der Waals surface area contributed by atoms with E-state index in [-0.39, 0.29) is 18.0 Å². The number of aliphatic hydroxyl groups is 1. The number of carbonyl (C=O) groups is 1. The van der Waals surface area contributed by atoms with Crippen molar-refractivity contribution < 1.29 is 14.6 Å². The van der Waals surface area contributed by atoms with Crippen LogP contribution in [-0.4, -0.2) is 28.9 Å². The smallest absolute Gasteiger partial charge is 0.319 e. The summed E-state index contributed by atoms with van der Waals surface area (Å²) in [7, 11) is 0. The molecule has 0 bridgehead atoms. The molecule has 1 aromatic heterocycles. The van der Waals surface area contributed by atoms with Gasteiger partial charge in [-0.3, -0.25) is 4.79 Å². The molecule has 1 aliphatic heterocycles. The molecule has 1 N–H and O–H groups in total. The highest BCUT2D eigenvalue weighted by molar-refractivity contribution is 6.30. The number of aliphatic hydroxyl groups excluding tert-OH is 1. The van der Waals surface area contributed by atoms with Crippen LogP contribution in [0.1, 0.15) is 36.7 Å². The Morgan fingerprint density at radius 2 is 1.90 bits per heavy atom. The van der Waals surface area contributed by atoms with E-state index in [2.05, 4.69) is 29.7 Å². The molecular weight excluding hydrogens is 398 g/mol. The van der Waals surface area contributed by atoms with Gasteiger partial charge in [-0.2, -0.15) is 0 Å². The second-order valence-corrected chi connectivity index (χ2v) is 8.70. The van der Waals surface area contributed by atoms with E-state index >= 15 is 0 Å². The maximum absolute atomic E-state index is 13.1. The highest BCUT2D eigenvalue weighted by Gasteiger charge is 2.39. The van der Waals surface area contributed by atoms with Crippen molar-refractivity contribution in [3.8, 4) is 11.1 Å². The molecule has 5 heteroatoms. The average Bonchev–Trinajstić information content (AvgIpc) is 3.26. The Morgan fingerprint density at radius 1 is 1.20 bits per heavy atom. The van der Waals surface area contributed by atoms with Crippen LogP contribution in [0.2, 0.25) is 5.02 Å². The largest absolute Gasteiger partial charge is 0.465 e. The van der Waals surface area contributed by atoms with E-state index < -0.39 is 5.92 Å². The SMILES string of the molecule is CCOC(=O)C(c1ccc(Cl)cc1)c1cc(-c2ccccc2)c2n1CC(C)(CO)C2. The number of fused-ring (bicyclic) bond motifs is 1. The molecular formula is C25H26ClNO3. The highest BCUT2D eigenvalue weighted by Crippen LogP contribution is 2.43. The summed E-state index contributed by atoms with van der Waals surface area (Å²) in [5, 5.41) is 10.7. The van der Waals surface area contributed by atoms with Gasteiger partial charge in [0.25, 0.3) is 0 Å². The van der Waals surface area contributed by atoms with Gasteiger partial charge in [0.1, 0.15) is 5.92 Å². The summed E-state index contributed by atoms with van der Waals surface area (Å²) in [6.45, 7) is 4.96. The zero-order valence-corrected chi connectivity index (χ0v) is 18.0. The first kappa shape index (κ1) is 20.7. The molecule has 156 valence electrons. The van der Waals surface area contributed by atoms with E-state index in [1.807, 2.05) is 37.3 Å². The van der Waals surface area contributed by atoms with Crippen molar-refractivity contribution in [2.45, 2.75) is 32.7 Å². The van der Waals surface area contributed by atoms with Crippen LogP contribution >= 0.6 is 11.6 Å². The Kier molecular flexibility index (Phi) is 5.72. The van der Waals surface area contributed by atoms with Crippen molar-refractivity contribution in [2.24, 2.45) is 5.41 Å².